The highest BCUT2D eigenvalue weighted by atomic mass is 16.6. The molecule has 9 heteroatoms. The van der Waals surface area contributed by atoms with Gasteiger partial charge >= 0.3 is 17.9 Å². The number of esters is 3. The topological polar surface area (TPSA) is 140 Å². The van der Waals surface area contributed by atoms with Crippen molar-refractivity contribution in [2.24, 2.45) is 50.2 Å². The standard InChI is InChI=1S/C57H68O9/c1-52(2)34-42-41-25-26-44-53(3)32-31-46(65-48(61)28-23-39-18-12-8-13-19-39)54(4,37-64-47(60)27-22-38-16-10-7-11-17-38)43(53)30-33-55(44,5)56(41,6)35-45(59)57(42,36-58)50(63)51(52)66-49(62)29-24-40-20-14-9-15-21-40/h7-25,27-29,42-46,50-51,58-59,63H,26,30-37H2,1-6H3/t42?,43?,44?,45-,46+,50+,51+,53+,54-,55-,56-,57+/m1/s1. The molecule has 3 aromatic carbocycles. The molecule has 12 atom stereocenters. The van der Waals surface area contributed by atoms with Crippen LogP contribution in [0.15, 0.2) is 121 Å². The van der Waals surface area contributed by atoms with Gasteiger partial charge in [-0.2, -0.15) is 0 Å². The van der Waals surface area contributed by atoms with E-state index in [4.69, 9.17) is 14.2 Å². The lowest BCUT2D eigenvalue weighted by atomic mass is 9.33. The van der Waals surface area contributed by atoms with Gasteiger partial charge in [0.1, 0.15) is 24.9 Å². The van der Waals surface area contributed by atoms with Crippen molar-refractivity contribution in [2.45, 2.75) is 111 Å². The Labute approximate surface area is 390 Å². The Hall–Kier alpha value is -5.09. The van der Waals surface area contributed by atoms with Gasteiger partial charge in [0.15, 0.2) is 0 Å². The summed E-state index contributed by atoms with van der Waals surface area (Å²) < 4.78 is 18.6. The SMILES string of the molecule is CC1(C)CC2C3=CCC4[C@@]5(C)CC[C@H](OC(=O)C=Cc6ccccc6)[C@](C)(COC(=O)C=Cc6ccccc6)C5CC[C@@]4(C)[C@]3(C)C[C@@H](O)[C@@]2(CO)[C@@H](O)[C@@H]1OC(=O)C=Cc1ccccc1. The smallest absolute Gasteiger partial charge is 0.331 e. The number of aliphatic hydroxyl groups is 3. The number of aliphatic hydroxyl groups excluding tert-OH is 3. The summed E-state index contributed by atoms with van der Waals surface area (Å²) in [7, 11) is 0. The Morgan fingerprint density at radius 2 is 1.20 bits per heavy atom. The van der Waals surface area contributed by atoms with Gasteiger partial charge in [0, 0.05) is 29.1 Å². The number of carbonyl (C=O) groups is 3. The molecule has 8 rings (SSSR count). The summed E-state index contributed by atoms with van der Waals surface area (Å²) in [6.45, 7) is 12.8. The van der Waals surface area contributed by atoms with E-state index in [0.29, 0.717) is 19.3 Å². The first-order valence-electron chi connectivity index (χ1n) is 23.9. The van der Waals surface area contributed by atoms with Crippen LogP contribution in [0.2, 0.25) is 0 Å². The lowest BCUT2D eigenvalue weighted by Gasteiger charge is -2.72. The van der Waals surface area contributed by atoms with Crippen LogP contribution in [0.3, 0.4) is 0 Å². The lowest BCUT2D eigenvalue weighted by molar-refractivity contribution is -0.263. The summed E-state index contributed by atoms with van der Waals surface area (Å²) in [6.07, 6.45) is 12.5. The zero-order valence-corrected chi connectivity index (χ0v) is 39.4. The van der Waals surface area contributed by atoms with Crippen LogP contribution in [0.5, 0.6) is 0 Å². The van der Waals surface area contributed by atoms with E-state index >= 15 is 0 Å². The van der Waals surface area contributed by atoms with Crippen LogP contribution in [0.4, 0.5) is 0 Å². The third kappa shape index (κ3) is 8.23. The van der Waals surface area contributed by atoms with Gasteiger partial charge in [-0.1, -0.05) is 144 Å². The van der Waals surface area contributed by atoms with Gasteiger partial charge in [-0.05, 0) is 114 Å². The molecule has 3 unspecified atom stereocenters. The van der Waals surface area contributed by atoms with E-state index in [1.54, 1.807) is 18.2 Å². The Morgan fingerprint density at radius 3 is 1.74 bits per heavy atom. The van der Waals surface area contributed by atoms with Crippen LogP contribution in [-0.4, -0.2) is 70.9 Å². The molecule has 3 aromatic rings. The van der Waals surface area contributed by atoms with Crippen molar-refractivity contribution in [2.75, 3.05) is 13.2 Å². The molecule has 0 spiro atoms. The normalized spacial score (nSPS) is 36.9. The highest BCUT2D eigenvalue weighted by Crippen LogP contribution is 2.76. The van der Waals surface area contributed by atoms with Crippen molar-refractivity contribution in [1.29, 1.82) is 0 Å². The summed E-state index contributed by atoms with van der Waals surface area (Å²) in [5.74, 6) is -1.68. The average Bonchev–Trinajstić information content (AvgIpc) is 3.30. The number of ether oxygens (including phenoxy) is 3. The Morgan fingerprint density at radius 1 is 0.667 bits per heavy atom. The Balaban J connectivity index is 1.08. The summed E-state index contributed by atoms with van der Waals surface area (Å²) >= 11 is 0. The number of benzene rings is 3. The summed E-state index contributed by atoms with van der Waals surface area (Å²) in [4.78, 5) is 40.3. The maximum absolute atomic E-state index is 13.6. The first-order chi connectivity index (χ1) is 31.4. The Kier molecular flexibility index (Phi) is 13.1. The molecular formula is C57H68O9. The molecule has 66 heavy (non-hydrogen) atoms. The molecule has 4 fully saturated rings. The fourth-order valence-corrected chi connectivity index (χ4v) is 14.1. The number of rotatable bonds is 11. The molecule has 5 aliphatic rings. The maximum atomic E-state index is 13.6. The minimum atomic E-state index is -1.34. The van der Waals surface area contributed by atoms with Crippen molar-refractivity contribution < 1.29 is 43.9 Å². The van der Waals surface area contributed by atoms with Crippen LogP contribution >= 0.6 is 0 Å². The van der Waals surface area contributed by atoms with Crippen LogP contribution in [0, 0.1) is 50.2 Å². The third-order valence-electron chi connectivity index (χ3n) is 17.8. The monoisotopic (exact) mass is 896 g/mol. The van der Waals surface area contributed by atoms with Gasteiger partial charge in [-0.25, -0.2) is 14.4 Å². The number of hydrogen-bond donors (Lipinski definition) is 3. The van der Waals surface area contributed by atoms with E-state index in [1.807, 2.05) is 105 Å². The molecule has 0 amide bonds. The van der Waals surface area contributed by atoms with E-state index in [1.165, 1.54) is 23.8 Å². The van der Waals surface area contributed by atoms with Crippen molar-refractivity contribution in [3.05, 3.63) is 138 Å². The second-order valence-electron chi connectivity index (χ2n) is 21.6. The van der Waals surface area contributed by atoms with Gasteiger partial charge in [0.05, 0.1) is 18.1 Å². The molecule has 0 radical (unpaired) electrons. The van der Waals surface area contributed by atoms with Gasteiger partial charge in [0.2, 0.25) is 0 Å². The molecule has 3 N–H and O–H groups in total. The molecule has 0 aromatic heterocycles. The van der Waals surface area contributed by atoms with Crippen molar-refractivity contribution in [1.82, 2.24) is 0 Å². The maximum Gasteiger partial charge on any atom is 0.331 e. The van der Waals surface area contributed by atoms with Gasteiger partial charge in [0.25, 0.3) is 0 Å². The zero-order chi connectivity index (χ0) is 47.1. The molecule has 5 aliphatic carbocycles. The van der Waals surface area contributed by atoms with E-state index in [0.717, 1.165) is 42.4 Å². The summed E-state index contributed by atoms with van der Waals surface area (Å²) in [6, 6.07) is 28.7. The second-order valence-corrected chi connectivity index (χ2v) is 21.6. The Bertz CT molecular complexity index is 2370. The molecule has 9 nitrogen and oxygen atoms in total. The van der Waals surface area contributed by atoms with Crippen molar-refractivity contribution in [3.63, 3.8) is 0 Å². The first-order valence-corrected chi connectivity index (χ1v) is 23.9. The lowest BCUT2D eigenvalue weighted by Crippen LogP contribution is -2.72. The van der Waals surface area contributed by atoms with E-state index < -0.39 is 70.6 Å². The highest BCUT2D eigenvalue weighted by molar-refractivity contribution is 5.88. The predicted molar refractivity (Wildman–Crippen MR) is 256 cm³/mol. The largest absolute Gasteiger partial charge is 0.462 e. The van der Waals surface area contributed by atoms with Crippen LogP contribution < -0.4 is 0 Å². The molecule has 350 valence electrons. The quantitative estimate of drug-likeness (QED) is 0.0743. The van der Waals surface area contributed by atoms with Crippen LogP contribution in [0.1, 0.15) is 103 Å². The predicted octanol–water partition coefficient (Wildman–Crippen LogP) is 9.82. The molecule has 0 heterocycles. The van der Waals surface area contributed by atoms with Gasteiger partial charge in [-0.3, -0.25) is 0 Å². The zero-order valence-electron chi connectivity index (χ0n) is 39.4. The van der Waals surface area contributed by atoms with Crippen molar-refractivity contribution in [3.8, 4) is 0 Å². The number of carbonyl (C=O) groups excluding carboxylic acids is 3. The third-order valence-corrected chi connectivity index (χ3v) is 17.8. The van der Waals surface area contributed by atoms with Crippen molar-refractivity contribution >= 4 is 36.1 Å². The first kappa shape index (κ1) is 47.4. The van der Waals surface area contributed by atoms with Crippen LogP contribution in [0.25, 0.3) is 18.2 Å². The van der Waals surface area contributed by atoms with Crippen LogP contribution in [-0.2, 0) is 28.6 Å². The van der Waals surface area contributed by atoms with Gasteiger partial charge in [-0.15, -0.1) is 0 Å². The second kappa shape index (κ2) is 18.2. The fourth-order valence-electron chi connectivity index (χ4n) is 14.1. The summed E-state index contributed by atoms with van der Waals surface area (Å²) in [5, 5.41) is 36.4. The van der Waals surface area contributed by atoms with E-state index in [-0.39, 0.29) is 35.2 Å². The average molecular weight is 897 g/mol. The molecule has 0 saturated heterocycles. The van der Waals surface area contributed by atoms with E-state index in [9.17, 15) is 29.7 Å². The number of fused-ring (bicyclic) bond motifs is 7. The minimum Gasteiger partial charge on any atom is -0.462 e. The van der Waals surface area contributed by atoms with E-state index in [2.05, 4.69) is 33.8 Å². The molecule has 0 aliphatic heterocycles. The molecular weight excluding hydrogens is 829 g/mol. The highest BCUT2D eigenvalue weighted by Gasteiger charge is 2.73. The minimum absolute atomic E-state index is 0.0176. The van der Waals surface area contributed by atoms with Gasteiger partial charge < -0.3 is 29.5 Å². The molecule has 0 bridgehead atoms. The number of allylic oxidation sites excluding steroid dienone is 2. The number of hydrogen-bond acceptors (Lipinski definition) is 9. The fraction of sp³-hybridized carbons (Fsp3) is 0.491. The summed E-state index contributed by atoms with van der Waals surface area (Å²) in [5.41, 5.74) is -0.0345. The molecule has 4 saturated carbocycles.